The number of rotatable bonds is 8. The average molecular weight is 490 g/mol. The van der Waals surface area contributed by atoms with E-state index in [2.05, 4.69) is 10.2 Å². The molecule has 0 bridgehead atoms. The second kappa shape index (κ2) is 11.2. The Kier molecular flexibility index (Phi) is 8.04. The zero-order chi connectivity index (χ0) is 24.0. The van der Waals surface area contributed by atoms with Crippen molar-refractivity contribution in [2.24, 2.45) is 0 Å². The largest absolute Gasteiger partial charge is 0.494 e. The van der Waals surface area contributed by atoms with Crippen molar-refractivity contribution in [3.05, 3.63) is 48.0 Å². The van der Waals surface area contributed by atoms with E-state index in [1.807, 2.05) is 6.92 Å². The van der Waals surface area contributed by atoms with Gasteiger partial charge >= 0.3 is 0 Å². The maximum Gasteiger partial charge on any atom is 0.255 e. The smallest absolute Gasteiger partial charge is 0.255 e. The fraction of sp³-hybridized carbons (Fsp3) is 0.458. The van der Waals surface area contributed by atoms with Crippen LogP contribution in [0.4, 0.5) is 11.4 Å². The van der Waals surface area contributed by atoms with E-state index in [0.717, 1.165) is 12.1 Å². The van der Waals surface area contributed by atoms with Crippen LogP contribution in [0.2, 0.25) is 0 Å². The highest BCUT2D eigenvalue weighted by Gasteiger charge is 2.28. The summed E-state index contributed by atoms with van der Waals surface area (Å²) in [6, 6.07) is 11.8. The molecule has 34 heavy (non-hydrogen) atoms. The van der Waals surface area contributed by atoms with Crippen LogP contribution in [0.5, 0.6) is 5.75 Å². The summed E-state index contributed by atoms with van der Waals surface area (Å²) < 4.78 is 44.2. The average Bonchev–Trinajstić information content (AvgIpc) is 2.88. The summed E-state index contributed by atoms with van der Waals surface area (Å²) in [5, 5.41) is 2.93. The molecule has 184 valence electrons. The van der Waals surface area contributed by atoms with Crippen molar-refractivity contribution in [2.75, 3.05) is 69.4 Å². The molecule has 2 aliphatic rings. The van der Waals surface area contributed by atoms with Crippen LogP contribution in [-0.2, 0) is 19.5 Å². The van der Waals surface area contributed by atoms with Gasteiger partial charge in [-0.25, -0.2) is 8.42 Å². The number of carbonyl (C=O) groups excluding carboxylic acids is 1. The van der Waals surface area contributed by atoms with Crippen LogP contribution in [-0.4, -0.2) is 77.8 Å². The van der Waals surface area contributed by atoms with Crippen LogP contribution in [0.15, 0.2) is 47.4 Å². The summed E-state index contributed by atoms with van der Waals surface area (Å²) in [6.45, 7) is 6.44. The van der Waals surface area contributed by atoms with Crippen molar-refractivity contribution >= 4 is 27.3 Å². The molecule has 0 spiro atoms. The highest BCUT2D eigenvalue weighted by Crippen LogP contribution is 2.31. The summed E-state index contributed by atoms with van der Waals surface area (Å²) >= 11 is 0. The molecule has 0 radical (unpaired) electrons. The molecule has 4 rings (SSSR count). The molecule has 2 aromatic carbocycles. The number of ether oxygens (including phenoxy) is 3. The number of nitrogens with one attached hydrogen (secondary N) is 1. The van der Waals surface area contributed by atoms with E-state index >= 15 is 0 Å². The Labute approximate surface area is 200 Å². The number of morpholine rings is 2. The monoisotopic (exact) mass is 489 g/mol. The number of carbonyl (C=O) groups is 1. The fourth-order valence-electron chi connectivity index (χ4n) is 3.91. The molecule has 1 amide bonds. The second-order valence-electron chi connectivity index (χ2n) is 8.12. The molecule has 2 aliphatic heterocycles. The molecule has 0 unspecified atom stereocenters. The number of benzene rings is 2. The Morgan fingerprint density at radius 1 is 0.971 bits per heavy atom. The van der Waals surface area contributed by atoms with Crippen molar-refractivity contribution in [2.45, 2.75) is 18.2 Å². The maximum atomic E-state index is 13.2. The van der Waals surface area contributed by atoms with Crippen molar-refractivity contribution < 1.29 is 27.4 Å². The SMILES string of the molecule is CCCOc1ccc(C(=O)Nc2cc(S(=O)(=O)N3CCOCC3)ccc2N2CCOCC2)cc1. The van der Waals surface area contributed by atoms with Gasteiger partial charge in [0.25, 0.3) is 5.91 Å². The van der Waals surface area contributed by atoms with Gasteiger partial charge in [-0.1, -0.05) is 6.92 Å². The Balaban J connectivity index is 1.61. The van der Waals surface area contributed by atoms with Crippen LogP contribution in [0, 0.1) is 0 Å². The molecule has 2 saturated heterocycles. The quantitative estimate of drug-likeness (QED) is 0.609. The molecule has 0 aromatic heterocycles. The third-order valence-electron chi connectivity index (χ3n) is 5.77. The number of sulfonamides is 1. The van der Waals surface area contributed by atoms with Gasteiger partial charge in [0.15, 0.2) is 0 Å². The molecular weight excluding hydrogens is 458 g/mol. The van der Waals surface area contributed by atoms with E-state index in [9.17, 15) is 13.2 Å². The van der Waals surface area contributed by atoms with Crippen LogP contribution in [0.25, 0.3) is 0 Å². The van der Waals surface area contributed by atoms with Crippen LogP contribution >= 0.6 is 0 Å². The van der Waals surface area contributed by atoms with Gasteiger partial charge in [-0.15, -0.1) is 0 Å². The van der Waals surface area contributed by atoms with E-state index < -0.39 is 10.0 Å². The summed E-state index contributed by atoms with van der Waals surface area (Å²) in [5.41, 5.74) is 1.67. The number of amides is 1. The van der Waals surface area contributed by atoms with Gasteiger partial charge in [-0.2, -0.15) is 4.31 Å². The van der Waals surface area contributed by atoms with Gasteiger partial charge in [-0.3, -0.25) is 4.79 Å². The van der Waals surface area contributed by atoms with E-state index in [0.29, 0.717) is 76.2 Å². The first-order chi connectivity index (χ1) is 16.5. The van der Waals surface area contributed by atoms with E-state index in [1.54, 1.807) is 42.5 Å². The minimum atomic E-state index is -3.70. The molecule has 2 fully saturated rings. The Bertz CT molecular complexity index is 1080. The molecule has 10 heteroatoms. The Hall–Kier alpha value is -2.66. The minimum Gasteiger partial charge on any atom is -0.494 e. The molecule has 0 atom stereocenters. The predicted molar refractivity (Wildman–Crippen MR) is 129 cm³/mol. The third kappa shape index (κ3) is 5.69. The highest BCUT2D eigenvalue weighted by atomic mass is 32.2. The van der Waals surface area contributed by atoms with Crippen molar-refractivity contribution in [3.8, 4) is 5.75 Å². The zero-order valence-electron chi connectivity index (χ0n) is 19.4. The van der Waals surface area contributed by atoms with E-state index in [4.69, 9.17) is 14.2 Å². The number of hydrogen-bond donors (Lipinski definition) is 1. The number of nitrogens with zero attached hydrogens (tertiary/aromatic N) is 2. The summed E-state index contributed by atoms with van der Waals surface area (Å²) in [7, 11) is -3.70. The van der Waals surface area contributed by atoms with Gasteiger partial charge in [0.2, 0.25) is 10.0 Å². The Morgan fingerprint density at radius 2 is 1.62 bits per heavy atom. The van der Waals surface area contributed by atoms with Gasteiger partial charge in [-0.05, 0) is 48.9 Å². The fourth-order valence-corrected chi connectivity index (χ4v) is 5.34. The summed E-state index contributed by atoms with van der Waals surface area (Å²) in [4.78, 5) is 15.3. The van der Waals surface area contributed by atoms with Crippen LogP contribution < -0.4 is 15.0 Å². The summed E-state index contributed by atoms with van der Waals surface area (Å²) in [5.74, 6) is 0.378. The van der Waals surface area contributed by atoms with E-state index in [1.165, 1.54) is 4.31 Å². The van der Waals surface area contributed by atoms with Gasteiger partial charge in [0.1, 0.15) is 5.75 Å². The lowest BCUT2D eigenvalue weighted by Gasteiger charge is -2.31. The number of hydrogen-bond acceptors (Lipinski definition) is 7. The molecular formula is C24H31N3O6S. The molecule has 0 aliphatic carbocycles. The van der Waals surface area contributed by atoms with E-state index in [-0.39, 0.29) is 10.8 Å². The lowest BCUT2D eigenvalue weighted by Crippen LogP contribution is -2.40. The highest BCUT2D eigenvalue weighted by molar-refractivity contribution is 7.89. The standard InChI is InChI=1S/C24H31N3O6S/c1-2-13-33-20-5-3-19(4-6-20)24(28)25-22-18-21(34(29,30)27-11-16-32-17-12-27)7-8-23(22)26-9-14-31-15-10-26/h3-8,18H,2,9-17H2,1H3,(H,25,28). The number of anilines is 2. The molecule has 0 saturated carbocycles. The second-order valence-corrected chi connectivity index (χ2v) is 10.1. The van der Waals surface area contributed by atoms with Gasteiger partial charge < -0.3 is 24.4 Å². The predicted octanol–water partition coefficient (Wildman–Crippen LogP) is 2.59. The normalized spacial score (nSPS) is 17.4. The molecule has 1 N–H and O–H groups in total. The van der Waals surface area contributed by atoms with Crippen LogP contribution in [0.1, 0.15) is 23.7 Å². The van der Waals surface area contributed by atoms with Gasteiger partial charge in [0, 0.05) is 31.7 Å². The first kappa shape index (κ1) is 24.5. The van der Waals surface area contributed by atoms with Crippen molar-refractivity contribution in [3.63, 3.8) is 0 Å². The van der Waals surface area contributed by atoms with Gasteiger partial charge in [0.05, 0.1) is 49.3 Å². The third-order valence-corrected chi connectivity index (χ3v) is 7.66. The van der Waals surface area contributed by atoms with Crippen molar-refractivity contribution in [1.29, 1.82) is 0 Å². The lowest BCUT2D eigenvalue weighted by atomic mass is 10.1. The first-order valence-electron chi connectivity index (χ1n) is 11.6. The maximum absolute atomic E-state index is 13.2. The lowest BCUT2D eigenvalue weighted by molar-refractivity contribution is 0.0730. The summed E-state index contributed by atoms with van der Waals surface area (Å²) in [6.07, 6.45) is 0.899. The Morgan fingerprint density at radius 3 is 2.26 bits per heavy atom. The topological polar surface area (TPSA) is 97.4 Å². The molecule has 9 nitrogen and oxygen atoms in total. The van der Waals surface area contributed by atoms with Crippen LogP contribution in [0.3, 0.4) is 0 Å². The molecule has 2 aromatic rings. The zero-order valence-corrected chi connectivity index (χ0v) is 20.2. The first-order valence-corrected chi connectivity index (χ1v) is 13.0. The molecule has 2 heterocycles. The minimum absolute atomic E-state index is 0.144. The van der Waals surface area contributed by atoms with Crippen molar-refractivity contribution in [1.82, 2.24) is 4.31 Å².